The second-order valence-electron chi connectivity index (χ2n) is 5.30. The molecule has 0 aliphatic rings. The van der Waals surface area contributed by atoms with E-state index in [2.05, 4.69) is 64.6 Å². The zero-order chi connectivity index (χ0) is 13.1. The van der Waals surface area contributed by atoms with Crippen LogP contribution in [-0.2, 0) is 0 Å². The fourth-order valence-corrected chi connectivity index (χ4v) is 3.22. The third-order valence-electron chi connectivity index (χ3n) is 4.16. The highest BCUT2D eigenvalue weighted by atomic mass is 14.7. The second-order valence-corrected chi connectivity index (χ2v) is 5.30. The van der Waals surface area contributed by atoms with E-state index in [0.717, 1.165) is 0 Å². The molecule has 0 unspecified atom stereocenters. The van der Waals surface area contributed by atoms with Crippen molar-refractivity contribution in [3.05, 3.63) is 60.8 Å². The summed E-state index contributed by atoms with van der Waals surface area (Å²) in [6.07, 6.45) is 2.00. The van der Waals surface area contributed by atoms with Crippen LogP contribution in [0.15, 0.2) is 60.8 Å². The molecule has 0 atom stereocenters. The van der Waals surface area contributed by atoms with Gasteiger partial charge in [0, 0.05) is 33.5 Å². The van der Waals surface area contributed by atoms with Crippen LogP contribution in [0.1, 0.15) is 0 Å². The van der Waals surface area contributed by atoms with Crippen molar-refractivity contribution in [2.45, 2.75) is 0 Å². The number of aromatic amines is 2. The summed E-state index contributed by atoms with van der Waals surface area (Å²) in [7, 11) is 0. The lowest BCUT2D eigenvalue weighted by Gasteiger charge is -2.01. The maximum Gasteiger partial charge on any atom is 0.0471 e. The summed E-state index contributed by atoms with van der Waals surface area (Å²) in [5, 5.41) is 6.45. The van der Waals surface area contributed by atoms with Crippen LogP contribution in [0, 0.1) is 0 Å². The number of nitrogens with one attached hydrogen (secondary N) is 2. The van der Waals surface area contributed by atoms with Crippen molar-refractivity contribution < 1.29 is 0 Å². The molecular weight excluding hydrogens is 244 g/mol. The summed E-state index contributed by atoms with van der Waals surface area (Å²) in [5.74, 6) is 0. The average molecular weight is 256 g/mol. The maximum atomic E-state index is 3.50. The Balaban J connectivity index is 2.12. The number of para-hydroxylation sites is 1. The lowest BCUT2D eigenvalue weighted by Crippen LogP contribution is -1.76. The highest BCUT2D eigenvalue weighted by molar-refractivity contribution is 6.21. The largest absolute Gasteiger partial charge is 0.361 e. The summed E-state index contributed by atoms with van der Waals surface area (Å²) in [6, 6.07) is 19.5. The molecule has 0 fully saturated rings. The molecule has 3 aromatic carbocycles. The quantitative estimate of drug-likeness (QED) is 0.392. The molecule has 20 heavy (non-hydrogen) atoms. The van der Waals surface area contributed by atoms with E-state index < -0.39 is 0 Å². The van der Waals surface area contributed by atoms with Crippen molar-refractivity contribution in [1.82, 2.24) is 9.97 Å². The first-order chi connectivity index (χ1) is 9.90. The third kappa shape index (κ3) is 1.18. The highest BCUT2D eigenvalue weighted by Crippen LogP contribution is 2.33. The van der Waals surface area contributed by atoms with Crippen LogP contribution in [0.4, 0.5) is 0 Å². The maximum absolute atomic E-state index is 3.50. The van der Waals surface area contributed by atoms with Gasteiger partial charge in [-0.3, -0.25) is 0 Å². The lowest BCUT2D eigenvalue weighted by molar-refractivity contribution is 1.48. The van der Waals surface area contributed by atoms with E-state index in [1.54, 1.807) is 0 Å². The predicted octanol–water partition coefficient (Wildman–Crippen LogP) is 4.96. The van der Waals surface area contributed by atoms with E-state index in [4.69, 9.17) is 0 Å². The van der Waals surface area contributed by atoms with E-state index in [1.807, 2.05) is 6.20 Å². The third-order valence-corrected chi connectivity index (χ3v) is 4.16. The minimum Gasteiger partial charge on any atom is -0.361 e. The van der Waals surface area contributed by atoms with Crippen molar-refractivity contribution in [2.24, 2.45) is 0 Å². The number of H-pyrrole nitrogens is 2. The van der Waals surface area contributed by atoms with Gasteiger partial charge in [-0.15, -0.1) is 0 Å². The van der Waals surface area contributed by atoms with E-state index >= 15 is 0 Å². The molecule has 0 radical (unpaired) electrons. The van der Waals surface area contributed by atoms with Crippen molar-refractivity contribution in [3.63, 3.8) is 0 Å². The van der Waals surface area contributed by atoms with Crippen LogP contribution in [0.2, 0.25) is 0 Å². The number of hydrogen-bond donors (Lipinski definition) is 2. The second kappa shape index (κ2) is 3.42. The van der Waals surface area contributed by atoms with Crippen LogP contribution in [0.3, 0.4) is 0 Å². The van der Waals surface area contributed by atoms with E-state index in [1.165, 1.54) is 43.5 Å². The Kier molecular flexibility index (Phi) is 1.73. The van der Waals surface area contributed by atoms with Gasteiger partial charge in [0.1, 0.15) is 0 Å². The molecule has 94 valence electrons. The van der Waals surface area contributed by atoms with Gasteiger partial charge in [0.25, 0.3) is 0 Å². The van der Waals surface area contributed by atoms with Crippen LogP contribution in [0.25, 0.3) is 43.5 Å². The molecule has 0 aliphatic heterocycles. The first-order valence-corrected chi connectivity index (χ1v) is 6.80. The molecule has 2 heterocycles. The smallest absolute Gasteiger partial charge is 0.0471 e. The van der Waals surface area contributed by atoms with Crippen molar-refractivity contribution in [1.29, 1.82) is 0 Å². The number of fused-ring (bicyclic) bond motifs is 6. The number of aromatic nitrogens is 2. The fraction of sp³-hybridized carbons (Fsp3) is 0. The van der Waals surface area contributed by atoms with Crippen molar-refractivity contribution in [2.75, 3.05) is 0 Å². The Labute approximate surface area is 115 Å². The van der Waals surface area contributed by atoms with Gasteiger partial charge in [-0.25, -0.2) is 0 Å². The summed E-state index contributed by atoms with van der Waals surface area (Å²) < 4.78 is 0. The monoisotopic (exact) mass is 256 g/mol. The zero-order valence-corrected chi connectivity index (χ0v) is 10.8. The average Bonchev–Trinajstić information content (AvgIpc) is 3.08. The molecule has 5 rings (SSSR count). The van der Waals surface area contributed by atoms with Crippen LogP contribution < -0.4 is 0 Å². The molecule has 0 aliphatic carbocycles. The lowest BCUT2D eigenvalue weighted by atomic mass is 10.0. The topological polar surface area (TPSA) is 31.6 Å². The fourth-order valence-electron chi connectivity index (χ4n) is 3.22. The molecule has 0 saturated heterocycles. The summed E-state index contributed by atoms with van der Waals surface area (Å²) >= 11 is 0. The van der Waals surface area contributed by atoms with Gasteiger partial charge in [-0.1, -0.05) is 24.3 Å². The van der Waals surface area contributed by atoms with Gasteiger partial charge in [0.05, 0.1) is 0 Å². The van der Waals surface area contributed by atoms with Gasteiger partial charge in [-0.2, -0.15) is 0 Å². The number of hydrogen-bond acceptors (Lipinski definition) is 0. The Morgan fingerprint density at radius 1 is 0.650 bits per heavy atom. The van der Waals surface area contributed by atoms with Gasteiger partial charge >= 0.3 is 0 Å². The van der Waals surface area contributed by atoms with Gasteiger partial charge in [0.2, 0.25) is 0 Å². The SMILES string of the molecule is c1ccc2c(c1)[nH]c1ccc3cc4cc[nH]c4cc3c12. The normalized spacial score (nSPS) is 12.0. The molecule has 5 aromatic rings. The molecule has 2 aromatic heterocycles. The Morgan fingerprint density at radius 2 is 1.60 bits per heavy atom. The molecule has 0 spiro atoms. The minimum atomic E-state index is 1.19. The summed E-state index contributed by atoms with van der Waals surface area (Å²) in [4.78, 5) is 6.81. The van der Waals surface area contributed by atoms with Crippen LogP contribution >= 0.6 is 0 Å². The van der Waals surface area contributed by atoms with E-state index in [0.29, 0.717) is 0 Å². The molecular formula is C18H12N2. The number of rotatable bonds is 0. The molecule has 2 nitrogen and oxygen atoms in total. The van der Waals surface area contributed by atoms with Crippen LogP contribution in [0.5, 0.6) is 0 Å². The molecule has 0 saturated carbocycles. The molecule has 2 heteroatoms. The molecule has 0 amide bonds. The summed E-state index contributed by atoms with van der Waals surface area (Å²) in [6.45, 7) is 0. The van der Waals surface area contributed by atoms with Crippen LogP contribution in [-0.4, -0.2) is 9.97 Å². The Morgan fingerprint density at radius 3 is 2.60 bits per heavy atom. The first-order valence-electron chi connectivity index (χ1n) is 6.80. The van der Waals surface area contributed by atoms with E-state index in [9.17, 15) is 0 Å². The standard InChI is InChI=1S/C18H12N2/c1-2-4-15-13(3-1)18-14-10-17-12(7-8-19-17)9-11(14)5-6-16(18)20-15/h1-10,19-20H. The summed E-state index contributed by atoms with van der Waals surface area (Å²) in [5.41, 5.74) is 3.58. The number of benzene rings is 3. The van der Waals surface area contributed by atoms with Crippen molar-refractivity contribution in [3.8, 4) is 0 Å². The van der Waals surface area contributed by atoms with Gasteiger partial charge in [0.15, 0.2) is 0 Å². The Bertz CT molecular complexity index is 1100. The van der Waals surface area contributed by atoms with Gasteiger partial charge in [-0.05, 0) is 46.5 Å². The first kappa shape index (κ1) is 10.1. The minimum absolute atomic E-state index is 1.19. The predicted molar refractivity (Wildman–Crippen MR) is 85.2 cm³/mol. The van der Waals surface area contributed by atoms with Crippen molar-refractivity contribution >= 4 is 43.5 Å². The van der Waals surface area contributed by atoms with E-state index in [-0.39, 0.29) is 0 Å². The Hall–Kier alpha value is -2.74. The molecule has 0 bridgehead atoms. The zero-order valence-electron chi connectivity index (χ0n) is 10.8. The molecule has 2 N–H and O–H groups in total. The highest BCUT2D eigenvalue weighted by Gasteiger charge is 2.08. The van der Waals surface area contributed by atoms with Gasteiger partial charge < -0.3 is 9.97 Å².